The van der Waals surface area contributed by atoms with Crippen LogP contribution in [0.3, 0.4) is 0 Å². The molecule has 0 amide bonds. The molecule has 0 heterocycles. The molecule has 0 aliphatic carbocycles. The molecule has 1 atom stereocenters. The fourth-order valence-electron chi connectivity index (χ4n) is 2.40. The summed E-state index contributed by atoms with van der Waals surface area (Å²) in [5.74, 6) is -0.158. The van der Waals surface area contributed by atoms with Gasteiger partial charge in [0.15, 0.2) is 5.78 Å². The predicted molar refractivity (Wildman–Crippen MR) is 81.5 cm³/mol. The van der Waals surface area contributed by atoms with Crippen LogP contribution in [0.15, 0.2) is 48.5 Å². The third-order valence-corrected chi connectivity index (χ3v) is 3.65. The van der Waals surface area contributed by atoms with Crippen molar-refractivity contribution in [2.75, 3.05) is 0 Å². The molecule has 0 aliphatic rings. The molecule has 0 radical (unpaired) electrons. The molecule has 0 aromatic heterocycles. The summed E-state index contributed by atoms with van der Waals surface area (Å²) in [6.45, 7) is 3.58. The van der Waals surface area contributed by atoms with Crippen LogP contribution in [0.25, 0.3) is 0 Å². The smallest absolute Gasteiger partial charge is 0.272 e. The second-order valence-corrected chi connectivity index (χ2v) is 5.15. The highest BCUT2D eigenvalue weighted by Gasteiger charge is 2.19. The Hall–Kier alpha value is -2.49. The van der Waals surface area contributed by atoms with Crippen molar-refractivity contribution in [3.63, 3.8) is 0 Å². The maximum atomic E-state index is 12.3. The average molecular weight is 283 g/mol. The number of benzene rings is 2. The van der Waals surface area contributed by atoms with Gasteiger partial charge in [-0.2, -0.15) is 0 Å². The number of carbonyl (C=O) groups is 1. The van der Waals surface area contributed by atoms with Gasteiger partial charge in [-0.15, -0.1) is 0 Å². The van der Waals surface area contributed by atoms with Crippen LogP contribution in [0.2, 0.25) is 0 Å². The normalized spacial score (nSPS) is 11.9. The minimum Gasteiger partial charge on any atom is -0.294 e. The summed E-state index contributed by atoms with van der Waals surface area (Å²) >= 11 is 0. The van der Waals surface area contributed by atoms with E-state index in [-0.39, 0.29) is 22.3 Å². The van der Waals surface area contributed by atoms with Gasteiger partial charge in [-0.05, 0) is 18.9 Å². The maximum absolute atomic E-state index is 12.3. The Morgan fingerprint density at radius 3 is 2.43 bits per heavy atom. The third-order valence-electron chi connectivity index (χ3n) is 3.65. The van der Waals surface area contributed by atoms with E-state index in [1.807, 2.05) is 31.2 Å². The van der Waals surface area contributed by atoms with E-state index in [0.717, 1.165) is 5.56 Å². The lowest BCUT2D eigenvalue weighted by molar-refractivity contribution is -0.385. The van der Waals surface area contributed by atoms with Gasteiger partial charge in [-0.25, -0.2) is 0 Å². The van der Waals surface area contributed by atoms with Crippen molar-refractivity contribution in [3.8, 4) is 0 Å². The fourth-order valence-corrected chi connectivity index (χ4v) is 2.40. The highest BCUT2D eigenvalue weighted by molar-refractivity contribution is 5.97. The number of nitro groups is 1. The Morgan fingerprint density at radius 1 is 1.14 bits per heavy atom. The van der Waals surface area contributed by atoms with Crippen molar-refractivity contribution < 1.29 is 9.72 Å². The summed E-state index contributed by atoms with van der Waals surface area (Å²) in [7, 11) is 0. The lowest BCUT2D eigenvalue weighted by Crippen LogP contribution is -2.14. The quantitative estimate of drug-likeness (QED) is 0.474. The fraction of sp³-hybridized carbons (Fsp3) is 0.235. The first-order valence-corrected chi connectivity index (χ1v) is 6.83. The lowest BCUT2D eigenvalue weighted by Gasteiger charge is -2.12. The SMILES string of the molecule is Cc1c(CC(C)C(=O)c2ccccc2)cccc1[N+](=O)[O-]. The van der Waals surface area contributed by atoms with Crippen LogP contribution in [0.1, 0.15) is 28.4 Å². The van der Waals surface area contributed by atoms with Crippen molar-refractivity contribution in [1.29, 1.82) is 0 Å². The first-order chi connectivity index (χ1) is 10.0. The highest BCUT2D eigenvalue weighted by atomic mass is 16.6. The molecule has 0 bridgehead atoms. The van der Waals surface area contributed by atoms with Gasteiger partial charge in [0.25, 0.3) is 5.69 Å². The minimum absolute atomic E-state index is 0.0570. The van der Waals surface area contributed by atoms with E-state index in [0.29, 0.717) is 17.5 Å². The van der Waals surface area contributed by atoms with Gasteiger partial charge in [0.1, 0.15) is 0 Å². The summed E-state index contributed by atoms with van der Waals surface area (Å²) < 4.78 is 0. The molecule has 0 aliphatic heterocycles. The molecule has 0 saturated heterocycles. The van der Waals surface area contributed by atoms with Gasteiger partial charge < -0.3 is 0 Å². The molecule has 0 spiro atoms. The summed E-state index contributed by atoms with van der Waals surface area (Å²) in [6, 6.07) is 14.1. The number of nitrogens with zero attached hydrogens (tertiary/aromatic N) is 1. The first-order valence-electron chi connectivity index (χ1n) is 6.83. The third kappa shape index (κ3) is 3.34. The number of nitro benzene ring substituents is 1. The Bertz CT molecular complexity index is 665. The standard InChI is InChI=1S/C17H17NO3/c1-12(17(19)14-7-4-3-5-8-14)11-15-9-6-10-16(13(15)2)18(20)21/h3-10,12H,11H2,1-2H3. The van der Waals surface area contributed by atoms with Crippen LogP contribution >= 0.6 is 0 Å². The molecular formula is C17H17NO3. The van der Waals surface area contributed by atoms with E-state index >= 15 is 0 Å². The molecular weight excluding hydrogens is 266 g/mol. The van der Waals surface area contributed by atoms with Gasteiger partial charge in [0.05, 0.1) is 4.92 Å². The van der Waals surface area contributed by atoms with Crippen molar-refractivity contribution in [3.05, 3.63) is 75.3 Å². The average Bonchev–Trinajstić information content (AvgIpc) is 2.49. The zero-order chi connectivity index (χ0) is 15.4. The molecule has 2 aromatic carbocycles. The topological polar surface area (TPSA) is 60.2 Å². The Morgan fingerprint density at radius 2 is 1.81 bits per heavy atom. The Kier molecular flexibility index (Phi) is 4.48. The predicted octanol–water partition coefficient (Wildman–Crippen LogP) is 3.96. The van der Waals surface area contributed by atoms with E-state index in [1.54, 1.807) is 25.1 Å². The second kappa shape index (κ2) is 6.31. The number of rotatable bonds is 5. The van der Waals surface area contributed by atoms with Gasteiger partial charge in [-0.1, -0.05) is 49.4 Å². The molecule has 108 valence electrons. The number of hydrogen-bond acceptors (Lipinski definition) is 3. The zero-order valence-electron chi connectivity index (χ0n) is 12.1. The Balaban J connectivity index is 2.20. The van der Waals surface area contributed by atoms with Crippen molar-refractivity contribution in [2.24, 2.45) is 5.92 Å². The molecule has 1 unspecified atom stereocenters. The molecule has 2 rings (SSSR count). The number of hydrogen-bond donors (Lipinski definition) is 0. The summed E-state index contributed by atoms with van der Waals surface area (Å²) in [6.07, 6.45) is 0.501. The van der Waals surface area contributed by atoms with Gasteiger partial charge in [0.2, 0.25) is 0 Å². The monoisotopic (exact) mass is 283 g/mol. The number of carbonyl (C=O) groups excluding carboxylic acids is 1. The molecule has 0 N–H and O–H groups in total. The van der Waals surface area contributed by atoms with E-state index in [1.165, 1.54) is 6.07 Å². The summed E-state index contributed by atoms with van der Waals surface area (Å²) in [4.78, 5) is 22.9. The van der Waals surface area contributed by atoms with Crippen molar-refractivity contribution in [1.82, 2.24) is 0 Å². The number of ketones is 1. The minimum atomic E-state index is -0.386. The van der Waals surface area contributed by atoms with Crippen LogP contribution in [-0.2, 0) is 6.42 Å². The molecule has 4 nitrogen and oxygen atoms in total. The van der Waals surface area contributed by atoms with Crippen molar-refractivity contribution in [2.45, 2.75) is 20.3 Å². The van der Waals surface area contributed by atoms with Crippen molar-refractivity contribution >= 4 is 11.5 Å². The largest absolute Gasteiger partial charge is 0.294 e. The van der Waals surface area contributed by atoms with Gasteiger partial charge in [0, 0.05) is 23.1 Å². The van der Waals surface area contributed by atoms with Crippen LogP contribution in [0, 0.1) is 23.0 Å². The number of Topliss-reactive ketones (excluding diaryl/α,β-unsaturated/α-hetero) is 1. The second-order valence-electron chi connectivity index (χ2n) is 5.15. The summed E-state index contributed by atoms with van der Waals surface area (Å²) in [5, 5.41) is 11.0. The van der Waals surface area contributed by atoms with Crippen LogP contribution in [0.4, 0.5) is 5.69 Å². The molecule has 21 heavy (non-hydrogen) atoms. The van der Waals surface area contributed by atoms with Crippen LogP contribution < -0.4 is 0 Å². The van der Waals surface area contributed by atoms with E-state index in [2.05, 4.69) is 0 Å². The van der Waals surface area contributed by atoms with Crippen LogP contribution in [0.5, 0.6) is 0 Å². The van der Waals surface area contributed by atoms with E-state index < -0.39 is 0 Å². The molecule has 2 aromatic rings. The summed E-state index contributed by atoms with van der Waals surface area (Å²) in [5.41, 5.74) is 2.26. The van der Waals surface area contributed by atoms with Gasteiger partial charge >= 0.3 is 0 Å². The maximum Gasteiger partial charge on any atom is 0.272 e. The van der Waals surface area contributed by atoms with E-state index in [4.69, 9.17) is 0 Å². The molecule has 0 fully saturated rings. The lowest BCUT2D eigenvalue weighted by atomic mass is 9.91. The van der Waals surface area contributed by atoms with E-state index in [9.17, 15) is 14.9 Å². The van der Waals surface area contributed by atoms with Gasteiger partial charge in [-0.3, -0.25) is 14.9 Å². The molecule has 4 heteroatoms. The highest BCUT2D eigenvalue weighted by Crippen LogP contribution is 2.24. The zero-order valence-corrected chi connectivity index (χ0v) is 12.1. The Labute approximate surface area is 123 Å². The first kappa shape index (κ1) is 14.9. The van der Waals surface area contributed by atoms with Crippen LogP contribution in [-0.4, -0.2) is 10.7 Å². The molecule has 0 saturated carbocycles.